The molecular weight excluding hydrogens is 328 g/mol. The van der Waals surface area contributed by atoms with Gasteiger partial charge in [-0.05, 0) is 37.0 Å². The summed E-state index contributed by atoms with van der Waals surface area (Å²) in [6.45, 7) is 4.60. The van der Waals surface area contributed by atoms with Crippen LogP contribution in [0, 0.1) is 6.92 Å². The number of ether oxygens (including phenoxy) is 1. The van der Waals surface area contributed by atoms with Crippen LogP contribution in [0.25, 0.3) is 0 Å². The second-order valence-corrected chi connectivity index (χ2v) is 7.13. The molecule has 116 valence electrons. The topological polar surface area (TPSA) is 38.5 Å². The zero-order valence-corrected chi connectivity index (χ0v) is 14.3. The highest BCUT2D eigenvalue weighted by Crippen LogP contribution is 2.36. The summed E-state index contributed by atoms with van der Waals surface area (Å²) in [5, 5.41) is 0. The second kappa shape index (κ2) is 6.78. The second-order valence-electron chi connectivity index (χ2n) is 6.28. The van der Waals surface area contributed by atoms with E-state index in [0.29, 0.717) is 18.7 Å². The fourth-order valence-electron chi connectivity index (χ4n) is 3.86. The predicted octanol–water partition coefficient (Wildman–Crippen LogP) is 3.40. The van der Waals surface area contributed by atoms with Gasteiger partial charge in [-0.25, -0.2) is 0 Å². The maximum Gasteiger partial charge on any atom is 0.0731 e. The monoisotopic (exact) mass is 352 g/mol. The summed E-state index contributed by atoms with van der Waals surface area (Å²) in [6, 6.07) is 7.42. The summed E-state index contributed by atoms with van der Waals surface area (Å²) in [7, 11) is 0. The summed E-state index contributed by atoms with van der Waals surface area (Å²) < 4.78 is 7.18. The van der Waals surface area contributed by atoms with Gasteiger partial charge in [-0.3, -0.25) is 4.90 Å². The Balaban J connectivity index is 1.87. The molecule has 1 saturated carbocycles. The molecule has 21 heavy (non-hydrogen) atoms. The number of rotatable bonds is 3. The molecule has 4 heteroatoms. The van der Waals surface area contributed by atoms with E-state index in [1.807, 2.05) is 0 Å². The summed E-state index contributed by atoms with van der Waals surface area (Å²) in [6.07, 6.45) is 5.47. The fraction of sp³-hybridized carbons (Fsp3) is 0.647. The van der Waals surface area contributed by atoms with E-state index in [-0.39, 0.29) is 6.04 Å². The van der Waals surface area contributed by atoms with Gasteiger partial charge in [0.05, 0.1) is 12.7 Å². The molecule has 0 aromatic heterocycles. The molecule has 0 amide bonds. The van der Waals surface area contributed by atoms with E-state index in [9.17, 15) is 0 Å². The largest absolute Gasteiger partial charge is 0.375 e. The lowest BCUT2D eigenvalue weighted by Gasteiger charge is -2.47. The summed E-state index contributed by atoms with van der Waals surface area (Å²) in [5.74, 6) is 0. The first kappa shape index (κ1) is 15.5. The number of halogens is 1. The number of nitrogens with two attached hydrogens (primary N) is 1. The average molecular weight is 353 g/mol. The van der Waals surface area contributed by atoms with Crippen LogP contribution in [0.15, 0.2) is 22.7 Å². The highest BCUT2D eigenvalue weighted by atomic mass is 79.9. The first-order valence-corrected chi connectivity index (χ1v) is 8.83. The van der Waals surface area contributed by atoms with Crippen molar-refractivity contribution in [1.82, 2.24) is 4.90 Å². The lowest BCUT2D eigenvalue weighted by atomic mass is 9.88. The van der Waals surface area contributed by atoms with Gasteiger partial charge in [0.25, 0.3) is 0 Å². The van der Waals surface area contributed by atoms with Crippen LogP contribution in [0.5, 0.6) is 0 Å². The Morgan fingerprint density at radius 2 is 2.19 bits per heavy atom. The molecule has 0 radical (unpaired) electrons. The first-order valence-electron chi connectivity index (χ1n) is 8.04. The molecular formula is C17H25BrN2O. The van der Waals surface area contributed by atoms with Crippen molar-refractivity contribution >= 4 is 15.9 Å². The van der Waals surface area contributed by atoms with Crippen molar-refractivity contribution in [2.24, 2.45) is 5.73 Å². The third-order valence-corrected chi connectivity index (χ3v) is 5.60. The van der Waals surface area contributed by atoms with Crippen LogP contribution in [0.2, 0.25) is 0 Å². The third-order valence-electron chi connectivity index (χ3n) is 4.91. The molecule has 3 unspecified atom stereocenters. The van der Waals surface area contributed by atoms with Gasteiger partial charge in [0.2, 0.25) is 0 Å². The summed E-state index contributed by atoms with van der Waals surface area (Å²) >= 11 is 3.73. The molecule has 2 aliphatic rings. The zero-order chi connectivity index (χ0) is 14.8. The molecule has 1 aliphatic heterocycles. The Kier molecular flexibility index (Phi) is 4.99. The molecule has 3 nitrogen and oxygen atoms in total. The molecule has 1 aliphatic carbocycles. The van der Waals surface area contributed by atoms with Crippen molar-refractivity contribution in [2.45, 2.75) is 50.8 Å². The van der Waals surface area contributed by atoms with Crippen molar-refractivity contribution in [1.29, 1.82) is 0 Å². The number of hydrogen-bond donors (Lipinski definition) is 1. The zero-order valence-electron chi connectivity index (χ0n) is 12.7. The molecule has 2 N–H and O–H groups in total. The van der Waals surface area contributed by atoms with E-state index < -0.39 is 0 Å². The van der Waals surface area contributed by atoms with E-state index in [1.165, 1.54) is 41.3 Å². The van der Waals surface area contributed by atoms with Gasteiger partial charge in [0.1, 0.15) is 0 Å². The van der Waals surface area contributed by atoms with Gasteiger partial charge in [0.15, 0.2) is 0 Å². The van der Waals surface area contributed by atoms with Crippen LogP contribution < -0.4 is 5.73 Å². The van der Waals surface area contributed by atoms with E-state index in [2.05, 4.69) is 46.0 Å². The van der Waals surface area contributed by atoms with Crippen molar-refractivity contribution in [3.8, 4) is 0 Å². The van der Waals surface area contributed by atoms with Gasteiger partial charge in [-0.2, -0.15) is 0 Å². The molecule has 1 aromatic carbocycles. The molecule has 1 saturated heterocycles. The number of hydrogen-bond acceptors (Lipinski definition) is 3. The number of morpholine rings is 1. The maximum absolute atomic E-state index is 6.16. The number of aryl methyl sites for hydroxylation is 1. The highest BCUT2D eigenvalue weighted by molar-refractivity contribution is 9.10. The van der Waals surface area contributed by atoms with Crippen LogP contribution >= 0.6 is 15.9 Å². The van der Waals surface area contributed by atoms with Crippen LogP contribution in [-0.4, -0.2) is 36.7 Å². The Hall–Kier alpha value is -0.420. The van der Waals surface area contributed by atoms with Gasteiger partial charge in [0, 0.05) is 29.6 Å². The first-order chi connectivity index (χ1) is 10.2. The number of nitrogens with zero attached hydrogens (tertiary/aromatic N) is 1. The molecule has 3 atom stereocenters. The van der Waals surface area contributed by atoms with Gasteiger partial charge in [-0.1, -0.05) is 40.9 Å². The Bertz CT molecular complexity index is 492. The SMILES string of the molecule is Cc1ccc(C(CN)N2CCOC3CCCCC32)c(Br)c1. The normalized spacial score (nSPS) is 28.1. The van der Waals surface area contributed by atoms with Crippen LogP contribution in [0.4, 0.5) is 0 Å². The van der Waals surface area contributed by atoms with Crippen molar-refractivity contribution < 1.29 is 4.74 Å². The summed E-state index contributed by atoms with van der Waals surface area (Å²) in [4.78, 5) is 2.60. The van der Waals surface area contributed by atoms with E-state index >= 15 is 0 Å². The number of benzene rings is 1. The standard InChI is InChI=1S/C17H25BrN2O/c1-12-6-7-13(14(18)10-12)16(11-19)20-8-9-21-17-5-3-2-4-15(17)20/h6-7,10,15-17H,2-5,8-9,11,19H2,1H3. The third kappa shape index (κ3) is 3.19. The maximum atomic E-state index is 6.16. The van der Waals surface area contributed by atoms with Gasteiger partial charge >= 0.3 is 0 Å². The van der Waals surface area contributed by atoms with Crippen molar-refractivity contribution in [2.75, 3.05) is 19.7 Å². The van der Waals surface area contributed by atoms with Crippen LogP contribution in [-0.2, 0) is 4.74 Å². The lowest BCUT2D eigenvalue weighted by Crippen LogP contribution is -2.54. The lowest BCUT2D eigenvalue weighted by molar-refractivity contribution is -0.102. The minimum atomic E-state index is 0.287. The average Bonchev–Trinajstić information content (AvgIpc) is 2.50. The number of fused-ring (bicyclic) bond motifs is 1. The van der Waals surface area contributed by atoms with Gasteiger partial charge < -0.3 is 10.5 Å². The highest BCUT2D eigenvalue weighted by Gasteiger charge is 2.37. The van der Waals surface area contributed by atoms with E-state index in [0.717, 1.165) is 13.2 Å². The van der Waals surface area contributed by atoms with E-state index in [4.69, 9.17) is 10.5 Å². The Labute approximate surface area is 136 Å². The molecule has 0 bridgehead atoms. The fourth-order valence-corrected chi connectivity index (χ4v) is 4.61. The van der Waals surface area contributed by atoms with Crippen LogP contribution in [0.3, 0.4) is 0 Å². The van der Waals surface area contributed by atoms with Gasteiger partial charge in [-0.15, -0.1) is 0 Å². The minimum Gasteiger partial charge on any atom is -0.375 e. The smallest absolute Gasteiger partial charge is 0.0731 e. The molecule has 3 rings (SSSR count). The van der Waals surface area contributed by atoms with Crippen LogP contribution in [0.1, 0.15) is 42.9 Å². The molecule has 0 spiro atoms. The van der Waals surface area contributed by atoms with E-state index in [1.54, 1.807) is 0 Å². The summed E-state index contributed by atoms with van der Waals surface area (Å²) in [5.41, 5.74) is 8.75. The van der Waals surface area contributed by atoms with Crippen molar-refractivity contribution in [3.63, 3.8) is 0 Å². The molecule has 1 aromatic rings. The minimum absolute atomic E-state index is 0.287. The Morgan fingerprint density at radius 3 is 2.95 bits per heavy atom. The Morgan fingerprint density at radius 1 is 1.38 bits per heavy atom. The predicted molar refractivity (Wildman–Crippen MR) is 89.4 cm³/mol. The molecule has 2 fully saturated rings. The quantitative estimate of drug-likeness (QED) is 0.905. The molecule has 1 heterocycles. The van der Waals surface area contributed by atoms with Crippen molar-refractivity contribution in [3.05, 3.63) is 33.8 Å².